The Morgan fingerprint density at radius 3 is 2.55 bits per heavy atom. The normalized spacial score (nSPS) is 10.5. The molecular formula is C8H18N2O. The molecule has 0 rings (SSSR count). The molecule has 1 N–H and O–H groups in total. The number of nitrogens with zero attached hydrogens (tertiary/aromatic N) is 1. The van der Waals surface area contributed by atoms with E-state index in [0.29, 0.717) is 6.42 Å². The van der Waals surface area contributed by atoms with Crippen LogP contribution in [0.3, 0.4) is 0 Å². The quantitative estimate of drug-likeness (QED) is 0.596. The molecule has 0 bridgehead atoms. The van der Waals surface area contributed by atoms with Crippen molar-refractivity contribution >= 4 is 5.78 Å². The SMILES string of the molecule is CNCCN(C)CCC(C)=O. The standard InChI is InChI=1S/C8H18N2O/c1-8(11)4-6-10(3)7-5-9-2/h9H,4-7H2,1-3H3. The van der Waals surface area contributed by atoms with Crippen LogP contribution in [0.15, 0.2) is 0 Å². The summed E-state index contributed by atoms with van der Waals surface area (Å²) in [5.74, 6) is 0.265. The van der Waals surface area contributed by atoms with E-state index in [0.717, 1.165) is 19.6 Å². The zero-order valence-electron chi connectivity index (χ0n) is 7.68. The third-order valence-corrected chi connectivity index (χ3v) is 1.59. The van der Waals surface area contributed by atoms with E-state index in [-0.39, 0.29) is 5.78 Å². The van der Waals surface area contributed by atoms with E-state index in [9.17, 15) is 4.79 Å². The Kier molecular flexibility index (Phi) is 6.07. The smallest absolute Gasteiger partial charge is 0.131 e. The molecule has 3 heteroatoms. The van der Waals surface area contributed by atoms with Gasteiger partial charge in [0.2, 0.25) is 0 Å². The van der Waals surface area contributed by atoms with Crippen molar-refractivity contribution < 1.29 is 4.79 Å². The fraction of sp³-hybridized carbons (Fsp3) is 0.875. The van der Waals surface area contributed by atoms with E-state index in [2.05, 4.69) is 10.2 Å². The molecular weight excluding hydrogens is 140 g/mol. The number of likely N-dealkylation sites (N-methyl/N-ethyl adjacent to an activating group) is 2. The summed E-state index contributed by atoms with van der Waals surface area (Å²) in [5.41, 5.74) is 0. The molecule has 66 valence electrons. The van der Waals surface area contributed by atoms with Crippen LogP contribution in [-0.2, 0) is 4.79 Å². The van der Waals surface area contributed by atoms with Crippen LogP contribution in [0, 0.1) is 0 Å². The Hall–Kier alpha value is -0.410. The lowest BCUT2D eigenvalue weighted by Crippen LogP contribution is -2.28. The predicted octanol–water partition coefficient (Wildman–Crippen LogP) is 0.117. The summed E-state index contributed by atoms with van der Waals surface area (Å²) in [6.45, 7) is 4.49. The predicted molar refractivity (Wildman–Crippen MR) is 46.7 cm³/mol. The first-order chi connectivity index (χ1) is 5.16. The highest BCUT2D eigenvalue weighted by Crippen LogP contribution is 1.86. The number of carbonyl (C=O) groups is 1. The Bertz CT molecular complexity index is 115. The van der Waals surface area contributed by atoms with Crippen molar-refractivity contribution in [3.8, 4) is 0 Å². The molecule has 0 spiro atoms. The highest BCUT2D eigenvalue weighted by Gasteiger charge is 1.98. The number of carbonyl (C=O) groups excluding carboxylic acids is 1. The van der Waals surface area contributed by atoms with Gasteiger partial charge in [0.25, 0.3) is 0 Å². The summed E-state index contributed by atoms with van der Waals surface area (Å²) in [6.07, 6.45) is 0.667. The number of Topliss-reactive ketones (excluding diaryl/α,β-unsaturated/α-hetero) is 1. The Labute approximate surface area is 68.8 Å². The molecule has 0 aromatic carbocycles. The van der Waals surface area contributed by atoms with Gasteiger partial charge in [0.15, 0.2) is 0 Å². The second kappa shape index (κ2) is 6.31. The molecule has 0 aliphatic carbocycles. The molecule has 0 aliphatic heterocycles. The van der Waals surface area contributed by atoms with Crippen LogP contribution in [0.25, 0.3) is 0 Å². The molecule has 0 aromatic rings. The van der Waals surface area contributed by atoms with Crippen LogP contribution in [-0.4, -0.2) is 44.4 Å². The van der Waals surface area contributed by atoms with Crippen molar-refractivity contribution in [2.75, 3.05) is 33.7 Å². The minimum absolute atomic E-state index is 0.265. The molecule has 0 unspecified atom stereocenters. The van der Waals surface area contributed by atoms with Gasteiger partial charge in [-0.05, 0) is 21.0 Å². The second-order valence-corrected chi connectivity index (χ2v) is 2.86. The lowest BCUT2D eigenvalue weighted by molar-refractivity contribution is -0.117. The first-order valence-corrected chi connectivity index (χ1v) is 3.99. The van der Waals surface area contributed by atoms with Crippen LogP contribution in [0.5, 0.6) is 0 Å². The molecule has 0 fully saturated rings. The summed E-state index contributed by atoms with van der Waals surface area (Å²) in [5, 5.41) is 3.06. The second-order valence-electron chi connectivity index (χ2n) is 2.86. The molecule has 0 radical (unpaired) electrons. The number of hydrogen-bond acceptors (Lipinski definition) is 3. The van der Waals surface area contributed by atoms with Gasteiger partial charge in [-0.1, -0.05) is 0 Å². The molecule has 0 saturated carbocycles. The largest absolute Gasteiger partial charge is 0.318 e. The van der Waals surface area contributed by atoms with Crippen LogP contribution in [0.1, 0.15) is 13.3 Å². The van der Waals surface area contributed by atoms with Gasteiger partial charge in [-0.15, -0.1) is 0 Å². The summed E-state index contributed by atoms with van der Waals surface area (Å²) in [4.78, 5) is 12.7. The van der Waals surface area contributed by atoms with Crippen LogP contribution in [0.4, 0.5) is 0 Å². The van der Waals surface area contributed by atoms with Gasteiger partial charge in [-0.2, -0.15) is 0 Å². The molecule has 0 atom stereocenters. The van der Waals surface area contributed by atoms with Gasteiger partial charge >= 0.3 is 0 Å². The monoisotopic (exact) mass is 158 g/mol. The first kappa shape index (κ1) is 10.6. The Morgan fingerprint density at radius 1 is 1.45 bits per heavy atom. The van der Waals surface area contributed by atoms with Gasteiger partial charge in [0, 0.05) is 26.1 Å². The average Bonchev–Trinajstić information content (AvgIpc) is 1.97. The summed E-state index contributed by atoms with van der Waals surface area (Å²) in [7, 11) is 3.96. The summed E-state index contributed by atoms with van der Waals surface area (Å²) < 4.78 is 0. The zero-order chi connectivity index (χ0) is 8.69. The van der Waals surface area contributed by atoms with E-state index in [1.807, 2.05) is 14.1 Å². The Balaban J connectivity index is 3.22. The maximum Gasteiger partial charge on any atom is 0.131 e. The minimum atomic E-state index is 0.265. The van der Waals surface area contributed by atoms with E-state index >= 15 is 0 Å². The molecule has 0 heterocycles. The fourth-order valence-corrected chi connectivity index (χ4v) is 0.763. The number of rotatable bonds is 6. The minimum Gasteiger partial charge on any atom is -0.318 e. The highest BCUT2D eigenvalue weighted by molar-refractivity contribution is 5.75. The lowest BCUT2D eigenvalue weighted by Gasteiger charge is -2.14. The Morgan fingerprint density at radius 2 is 2.09 bits per heavy atom. The number of ketones is 1. The van der Waals surface area contributed by atoms with Crippen LogP contribution < -0.4 is 5.32 Å². The maximum atomic E-state index is 10.6. The number of nitrogens with one attached hydrogen (secondary N) is 1. The van der Waals surface area contributed by atoms with Crippen molar-refractivity contribution in [3.63, 3.8) is 0 Å². The van der Waals surface area contributed by atoms with Crippen molar-refractivity contribution in [2.45, 2.75) is 13.3 Å². The molecule has 0 aliphatic rings. The van der Waals surface area contributed by atoms with Gasteiger partial charge in [0.05, 0.1) is 0 Å². The molecule has 11 heavy (non-hydrogen) atoms. The van der Waals surface area contributed by atoms with Crippen molar-refractivity contribution in [3.05, 3.63) is 0 Å². The van der Waals surface area contributed by atoms with Gasteiger partial charge in [-0.3, -0.25) is 4.79 Å². The van der Waals surface area contributed by atoms with Gasteiger partial charge < -0.3 is 10.2 Å². The van der Waals surface area contributed by atoms with Crippen LogP contribution in [0.2, 0.25) is 0 Å². The zero-order valence-corrected chi connectivity index (χ0v) is 7.68. The van der Waals surface area contributed by atoms with Gasteiger partial charge in [0.1, 0.15) is 5.78 Å². The summed E-state index contributed by atoms with van der Waals surface area (Å²) >= 11 is 0. The number of hydrogen-bond donors (Lipinski definition) is 1. The summed E-state index contributed by atoms with van der Waals surface area (Å²) in [6, 6.07) is 0. The van der Waals surface area contributed by atoms with Crippen molar-refractivity contribution in [2.24, 2.45) is 0 Å². The van der Waals surface area contributed by atoms with E-state index in [4.69, 9.17) is 0 Å². The highest BCUT2D eigenvalue weighted by atomic mass is 16.1. The topological polar surface area (TPSA) is 32.3 Å². The molecule has 0 amide bonds. The molecule has 0 saturated heterocycles. The average molecular weight is 158 g/mol. The van der Waals surface area contributed by atoms with E-state index < -0.39 is 0 Å². The molecule has 0 aromatic heterocycles. The van der Waals surface area contributed by atoms with Gasteiger partial charge in [-0.25, -0.2) is 0 Å². The fourth-order valence-electron chi connectivity index (χ4n) is 0.763. The maximum absolute atomic E-state index is 10.6. The van der Waals surface area contributed by atoms with Crippen molar-refractivity contribution in [1.82, 2.24) is 10.2 Å². The van der Waals surface area contributed by atoms with E-state index in [1.165, 1.54) is 0 Å². The lowest BCUT2D eigenvalue weighted by atomic mass is 10.3. The third kappa shape index (κ3) is 7.49. The molecule has 3 nitrogen and oxygen atoms in total. The van der Waals surface area contributed by atoms with Crippen LogP contribution >= 0.6 is 0 Å². The van der Waals surface area contributed by atoms with E-state index in [1.54, 1.807) is 6.92 Å². The first-order valence-electron chi connectivity index (χ1n) is 3.99. The third-order valence-electron chi connectivity index (χ3n) is 1.59. The van der Waals surface area contributed by atoms with Crippen molar-refractivity contribution in [1.29, 1.82) is 0 Å².